The Morgan fingerprint density at radius 3 is 2.03 bits per heavy atom. The number of aryl methyl sites for hydroxylation is 1. The van der Waals surface area contributed by atoms with Crippen LogP contribution in [-0.2, 0) is 6.54 Å². The third-order valence-electron chi connectivity index (χ3n) is 5.23. The van der Waals surface area contributed by atoms with Gasteiger partial charge >= 0.3 is 6.03 Å². The highest BCUT2D eigenvalue weighted by atomic mass is 16.5. The second-order valence-corrected chi connectivity index (χ2v) is 7.15. The zero-order valence-corrected chi connectivity index (χ0v) is 19.2. The number of benzene rings is 2. The lowest BCUT2D eigenvalue weighted by atomic mass is 10.2. The zero-order chi connectivity index (χ0) is 23.3. The van der Waals surface area contributed by atoms with E-state index in [4.69, 9.17) is 18.9 Å². The molecule has 3 rings (SSSR count). The van der Waals surface area contributed by atoms with E-state index in [1.807, 2.05) is 38.1 Å². The van der Waals surface area contributed by atoms with Crippen molar-refractivity contribution in [2.75, 3.05) is 33.8 Å². The van der Waals surface area contributed by atoms with Gasteiger partial charge in [0.1, 0.15) is 5.75 Å². The van der Waals surface area contributed by atoms with Crippen LogP contribution in [0.1, 0.15) is 17.0 Å². The highest BCUT2D eigenvalue weighted by Gasteiger charge is 2.15. The van der Waals surface area contributed by atoms with Gasteiger partial charge in [-0.15, -0.1) is 0 Å². The van der Waals surface area contributed by atoms with Crippen LogP contribution in [0, 0.1) is 13.8 Å². The van der Waals surface area contributed by atoms with Gasteiger partial charge in [-0.05, 0) is 49.7 Å². The van der Waals surface area contributed by atoms with Crippen LogP contribution in [0.4, 0.5) is 10.5 Å². The standard InChI is InChI=1S/C24H29N3O5/c1-15-11-17(16(2)27(15)19-7-9-20(29-3)10-8-19)14-25-24(28)26-18-12-21(30-4)23(32-6)22(13-18)31-5/h7-13H,14H2,1-6H3,(H2,25,26,28). The number of aromatic nitrogens is 1. The Balaban J connectivity index is 1.71. The Labute approximate surface area is 188 Å². The molecule has 1 aromatic heterocycles. The molecule has 0 fully saturated rings. The molecule has 0 saturated heterocycles. The highest BCUT2D eigenvalue weighted by molar-refractivity contribution is 5.90. The van der Waals surface area contributed by atoms with Gasteiger partial charge < -0.3 is 34.1 Å². The third kappa shape index (κ3) is 4.74. The summed E-state index contributed by atoms with van der Waals surface area (Å²) in [7, 11) is 6.23. The number of methoxy groups -OCH3 is 4. The van der Waals surface area contributed by atoms with E-state index in [9.17, 15) is 4.79 Å². The molecule has 0 atom stereocenters. The van der Waals surface area contributed by atoms with Gasteiger partial charge in [0.25, 0.3) is 0 Å². The second kappa shape index (κ2) is 10.00. The lowest BCUT2D eigenvalue weighted by Gasteiger charge is -2.15. The van der Waals surface area contributed by atoms with Crippen molar-refractivity contribution in [1.29, 1.82) is 0 Å². The third-order valence-corrected chi connectivity index (χ3v) is 5.23. The quantitative estimate of drug-likeness (QED) is 0.542. The molecule has 0 bridgehead atoms. The minimum atomic E-state index is -0.339. The van der Waals surface area contributed by atoms with Crippen LogP contribution in [0.15, 0.2) is 42.5 Å². The number of anilines is 1. The molecule has 8 heteroatoms. The molecule has 0 aliphatic heterocycles. The van der Waals surface area contributed by atoms with Crippen LogP contribution in [0.5, 0.6) is 23.0 Å². The Morgan fingerprint density at radius 1 is 0.875 bits per heavy atom. The van der Waals surface area contributed by atoms with Crippen molar-refractivity contribution in [3.05, 3.63) is 59.4 Å². The Hall–Kier alpha value is -3.81. The first-order chi connectivity index (χ1) is 15.4. The van der Waals surface area contributed by atoms with Crippen molar-refractivity contribution in [3.63, 3.8) is 0 Å². The van der Waals surface area contributed by atoms with E-state index in [2.05, 4.69) is 21.3 Å². The average molecular weight is 440 g/mol. The summed E-state index contributed by atoms with van der Waals surface area (Å²) >= 11 is 0. The minimum Gasteiger partial charge on any atom is -0.497 e. The number of hydrogen-bond acceptors (Lipinski definition) is 5. The molecule has 0 aliphatic carbocycles. The van der Waals surface area contributed by atoms with Gasteiger partial charge in [-0.1, -0.05) is 0 Å². The fourth-order valence-electron chi connectivity index (χ4n) is 3.64. The number of carbonyl (C=O) groups is 1. The summed E-state index contributed by atoms with van der Waals surface area (Å²) in [5, 5.41) is 5.72. The number of amides is 2. The molecule has 3 aromatic rings. The summed E-state index contributed by atoms with van der Waals surface area (Å²) in [6.07, 6.45) is 0. The summed E-state index contributed by atoms with van der Waals surface area (Å²) < 4.78 is 23.4. The average Bonchev–Trinajstić information content (AvgIpc) is 3.09. The van der Waals surface area contributed by atoms with Gasteiger partial charge in [0.2, 0.25) is 5.75 Å². The first-order valence-corrected chi connectivity index (χ1v) is 10.1. The molecule has 2 aromatic carbocycles. The number of carbonyl (C=O) groups excluding carboxylic acids is 1. The van der Waals surface area contributed by atoms with Gasteiger partial charge in [0, 0.05) is 35.8 Å². The number of nitrogens with one attached hydrogen (secondary N) is 2. The van der Waals surface area contributed by atoms with Crippen molar-refractivity contribution < 1.29 is 23.7 Å². The maximum atomic E-state index is 12.5. The lowest BCUT2D eigenvalue weighted by Crippen LogP contribution is -2.28. The van der Waals surface area contributed by atoms with Crippen molar-refractivity contribution in [3.8, 4) is 28.7 Å². The fourth-order valence-corrected chi connectivity index (χ4v) is 3.64. The van der Waals surface area contributed by atoms with Crippen LogP contribution in [-0.4, -0.2) is 39.0 Å². The Kier molecular flexibility index (Phi) is 7.14. The summed E-state index contributed by atoms with van der Waals surface area (Å²) in [6.45, 7) is 4.45. The van der Waals surface area contributed by atoms with E-state index in [-0.39, 0.29) is 6.03 Å². The molecule has 0 spiro atoms. The van der Waals surface area contributed by atoms with Gasteiger partial charge in [-0.3, -0.25) is 0 Å². The Morgan fingerprint density at radius 2 is 1.50 bits per heavy atom. The predicted octanol–water partition coefficient (Wildman–Crippen LogP) is 4.45. The number of rotatable bonds is 8. The van der Waals surface area contributed by atoms with Crippen LogP contribution in [0.2, 0.25) is 0 Å². The summed E-state index contributed by atoms with van der Waals surface area (Å²) in [5.74, 6) is 2.20. The summed E-state index contributed by atoms with van der Waals surface area (Å²) in [4.78, 5) is 12.5. The molecular formula is C24H29N3O5. The Bertz CT molecular complexity index is 1060. The first-order valence-electron chi connectivity index (χ1n) is 10.1. The maximum absolute atomic E-state index is 12.5. The molecular weight excluding hydrogens is 410 g/mol. The molecule has 170 valence electrons. The molecule has 0 radical (unpaired) electrons. The van der Waals surface area contributed by atoms with E-state index in [0.29, 0.717) is 29.5 Å². The monoisotopic (exact) mass is 439 g/mol. The second-order valence-electron chi connectivity index (χ2n) is 7.15. The van der Waals surface area contributed by atoms with Crippen LogP contribution < -0.4 is 29.6 Å². The van der Waals surface area contributed by atoms with Gasteiger partial charge in [-0.2, -0.15) is 0 Å². The lowest BCUT2D eigenvalue weighted by molar-refractivity contribution is 0.251. The van der Waals surface area contributed by atoms with Crippen molar-refractivity contribution in [1.82, 2.24) is 9.88 Å². The fraction of sp³-hybridized carbons (Fsp3) is 0.292. The first kappa shape index (κ1) is 22.9. The minimum absolute atomic E-state index is 0.339. The highest BCUT2D eigenvalue weighted by Crippen LogP contribution is 2.39. The van der Waals surface area contributed by atoms with Crippen LogP contribution in [0.25, 0.3) is 5.69 Å². The normalized spacial score (nSPS) is 10.4. The van der Waals surface area contributed by atoms with E-state index >= 15 is 0 Å². The zero-order valence-electron chi connectivity index (χ0n) is 19.2. The van der Waals surface area contributed by atoms with Crippen molar-refractivity contribution in [2.24, 2.45) is 0 Å². The van der Waals surface area contributed by atoms with E-state index < -0.39 is 0 Å². The van der Waals surface area contributed by atoms with Gasteiger partial charge in [0.05, 0.1) is 34.1 Å². The van der Waals surface area contributed by atoms with Crippen LogP contribution >= 0.6 is 0 Å². The largest absolute Gasteiger partial charge is 0.497 e. The molecule has 2 amide bonds. The van der Waals surface area contributed by atoms with Crippen molar-refractivity contribution in [2.45, 2.75) is 20.4 Å². The SMILES string of the molecule is COc1ccc(-n2c(C)cc(CNC(=O)Nc3cc(OC)c(OC)c(OC)c3)c2C)cc1. The van der Waals surface area contributed by atoms with Crippen LogP contribution in [0.3, 0.4) is 0 Å². The molecule has 2 N–H and O–H groups in total. The summed E-state index contributed by atoms with van der Waals surface area (Å²) in [5.41, 5.74) is 4.73. The van der Waals surface area contributed by atoms with Crippen molar-refractivity contribution >= 4 is 11.7 Å². The van der Waals surface area contributed by atoms with E-state index in [1.165, 1.54) is 21.3 Å². The molecule has 32 heavy (non-hydrogen) atoms. The van der Waals surface area contributed by atoms with E-state index in [1.54, 1.807) is 19.2 Å². The molecule has 8 nitrogen and oxygen atoms in total. The number of hydrogen-bond donors (Lipinski definition) is 2. The van der Waals surface area contributed by atoms with E-state index in [0.717, 1.165) is 28.4 Å². The molecule has 1 heterocycles. The number of nitrogens with zero attached hydrogens (tertiary/aromatic N) is 1. The number of urea groups is 1. The molecule has 0 saturated carbocycles. The predicted molar refractivity (Wildman–Crippen MR) is 124 cm³/mol. The number of ether oxygens (including phenoxy) is 4. The van der Waals surface area contributed by atoms with Gasteiger partial charge in [-0.25, -0.2) is 4.79 Å². The topological polar surface area (TPSA) is 83.0 Å². The molecule has 0 aliphatic rings. The maximum Gasteiger partial charge on any atom is 0.319 e. The smallest absolute Gasteiger partial charge is 0.319 e. The summed E-state index contributed by atoms with van der Waals surface area (Å²) in [6, 6.07) is 13.0. The molecule has 0 unspecified atom stereocenters. The van der Waals surface area contributed by atoms with Gasteiger partial charge in [0.15, 0.2) is 11.5 Å².